The summed E-state index contributed by atoms with van der Waals surface area (Å²) in [6, 6.07) is 27.4. The molecule has 7 nitrogen and oxygen atoms in total. The smallest absolute Gasteiger partial charge is 0.218 e. The molecule has 39 heavy (non-hydrogen) atoms. The molecule has 2 aromatic heterocycles. The molecule has 2 N–H and O–H groups in total. The predicted molar refractivity (Wildman–Crippen MR) is 151 cm³/mol. The van der Waals surface area contributed by atoms with Gasteiger partial charge in [0.25, 0.3) is 0 Å². The first-order valence-electron chi connectivity index (χ1n) is 13.0. The fourth-order valence-electron chi connectivity index (χ4n) is 5.17. The number of anilines is 1. The maximum absolute atomic E-state index is 11.6. The number of hydrogen-bond acceptors (Lipinski definition) is 5. The van der Waals surface area contributed by atoms with Crippen LogP contribution in [0.2, 0.25) is 0 Å². The molecule has 5 rings (SSSR count). The van der Waals surface area contributed by atoms with Gasteiger partial charge >= 0.3 is 0 Å². The molecule has 1 radical (unpaired) electrons. The average Bonchev–Trinajstić information content (AvgIpc) is 3.41. The largest absolute Gasteiger partial charge is 0.493 e. The van der Waals surface area contributed by atoms with E-state index in [9.17, 15) is 10.2 Å². The first-order valence-corrected chi connectivity index (χ1v) is 13.0. The van der Waals surface area contributed by atoms with Gasteiger partial charge in [-0.05, 0) is 69.7 Å². The van der Waals surface area contributed by atoms with E-state index in [1.165, 1.54) is 0 Å². The van der Waals surface area contributed by atoms with Crippen LogP contribution in [0.4, 0.5) is 5.69 Å². The third kappa shape index (κ3) is 5.18. The van der Waals surface area contributed by atoms with Gasteiger partial charge in [-0.3, -0.25) is 0 Å². The number of hydrogen-bond donors (Lipinski definition) is 2. The van der Waals surface area contributed by atoms with Crippen LogP contribution in [0.15, 0.2) is 84.9 Å². The van der Waals surface area contributed by atoms with Gasteiger partial charge in [0.05, 0.1) is 22.8 Å². The summed E-state index contributed by atoms with van der Waals surface area (Å²) in [5.41, 5.74) is 6.20. The minimum atomic E-state index is -0.490. The standard InChI is InChI=1S/C31H33N5O2.Cu/c1-5-34(6-2)24-19-17-23(18-20-24)29(27-21(3)32-35(30(27)37)25-13-9-7-10-14-25)28-22(4)33-36(31(28)38)26-15-11-8-12-16-26;/h7-20,29,37-38H,5-6H2,1-4H3;. The van der Waals surface area contributed by atoms with Crippen LogP contribution in [0, 0.1) is 13.8 Å². The molecule has 205 valence electrons. The molecule has 0 spiro atoms. The molecule has 0 atom stereocenters. The van der Waals surface area contributed by atoms with Crippen molar-refractivity contribution in [2.75, 3.05) is 18.0 Å². The van der Waals surface area contributed by atoms with Crippen molar-refractivity contribution in [3.05, 3.63) is 113 Å². The SMILES string of the molecule is CCN(CC)c1ccc(C(c2c(C)nn(-c3ccccc3)c2O)c2c(C)nn(-c3ccccc3)c2O)cc1.[Cu]. The second-order valence-corrected chi connectivity index (χ2v) is 9.34. The van der Waals surface area contributed by atoms with E-state index in [-0.39, 0.29) is 28.8 Å². The Morgan fingerprint density at radius 1 is 0.667 bits per heavy atom. The molecule has 5 aromatic rings. The van der Waals surface area contributed by atoms with Crippen LogP contribution >= 0.6 is 0 Å². The number of aromatic hydroxyl groups is 2. The van der Waals surface area contributed by atoms with Gasteiger partial charge in [-0.15, -0.1) is 0 Å². The molecule has 2 heterocycles. The van der Waals surface area contributed by atoms with E-state index < -0.39 is 5.92 Å². The summed E-state index contributed by atoms with van der Waals surface area (Å²) in [5, 5.41) is 32.5. The Bertz CT molecular complexity index is 1440. The molecular formula is C31H33CuN5O2. The van der Waals surface area contributed by atoms with E-state index in [1.54, 1.807) is 9.36 Å². The topological polar surface area (TPSA) is 79.3 Å². The number of nitrogens with zero attached hydrogens (tertiary/aromatic N) is 5. The van der Waals surface area contributed by atoms with Gasteiger partial charge in [0.1, 0.15) is 0 Å². The summed E-state index contributed by atoms with van der Waals surface area (Å²) in [7, 11) is 0. The van der Waals surface area contributed by atoms with Crippen molar-refractivity contribution in [3.63, 3.8) is 0 Å². The first kappa shape index (κ1) is 28.0. The van der Waals surface area contributed by atoms with Crippen LogP contribution in [-0.4, -0.2) is 42.9 Å². The summed E-state index contributed by atoms with van der Waals surface area (Å²) >= 11 is 0. The molecule has 0 bridgehead atoms. The fraction of sp³-hybridized carbons (Fsp3) is 0.226. The third-order valence-corrected chi connectivity index (χ3v) is 7.10. The van der Waals surface area contributed by atoms with Gasteiger partial charge in [-0.1, -0.05) is 48.5 Å². The van der Waals surface area contributed by atoms with Gasteiger partial charge in [-0.25, -0.2) is 9.36 Å². The quantitative estimate of drug-likeness (QED) is 0.220. The predicted octanol–water partition coefficient (Wildman–Crippen LogP) is 6.11. The summed E-state index contributed by atoms with van der Waals surface area (Å²) < 4.78 is 3.10. The van der Waals surface area contributed by atoms with Crippen LogP contribution in [0.25, 0.3) is 11.4 Å². The van der Waals surface area contributed by atoms with Gasteiger partial charge in [0.15, 0.2) is 0 Å². The minimum Gasteiger partial charge on any atom is -0.493 e. The van der Waals surface area contributed by atoms with E-state index in [0.717, 1.165) is 35.7 Å². The van der Waals surface area contributed by atoms with Crippen molar-refractivity contribution in [2.45, 2.75) is 33.6 Å². The van der Waals surface area contributed by atoms with E-state index in [1.807, 2.05) is 74.5 Å². The number of benzene rings is 3. The van der Waals surface area contributed by atoms with Crippen LogP contribution < -0.4 is 4.90 Å². The molecule has 8 heteroatoms. The Hall–Kier alpha value is -4.00. The fourth-order valence-corrected chi connectivity index (χ4v) is 5.17. The van der Waals surface area contributed by atoms with Crippen LogP contribution in [0.3, 0.4) is 0 Å². The van der Waals surface area contributed by atoms with Crippen LogP contribution in [-0.2, 0) is 17.1 Å². The van der Waals surface area contributed by atoms with Crippen molar-refractivity contribution in [1.29, 1.82) is 0 Å². The van der Waals surface area contributed by atoms with E-state index >= 15 is 0 Å². The summed E-state index contributed by atoms with van der Waals surface area (Å²) in [5.74, 6) is -0.411. The minimum absolute atomic E-state index is 0. The van der Waals surface area contributed by atoms with Crippen molar-refractivity contribution in [3.8, 4) is 23.1 Å². The Labute approximate surface area is 239 Å². The van der Waals surface area contributed by atoms with Crippen LogP contribution in [0.5, 0.6) is 11.8 Å². The summed E-state index contributed by atoms with van der Waals surface area (Å²) in [6.07, 6.45) is 0. The normalized spacial score (nSPS) is 11.0. The van der Waals surface area contributed by atoms with Crippen molar-refractivity contribution >= 4 is 5.69 Å². The second kappa shape index (κ2) is 11.8. The van der Waals surface area contributed by atoms with Crippen molar-refractivity contribution < 1.29 is 27.3 Å². The Kier molecular flexibility index (Phi) is 8.48. The number of aryl methyl sites for hydroxylation is 2. The Morgan fingerprint density at radius 2 is 1.08 bits per heavy atom. The van der Waals surface area contributed by atoms with Crippen LogP contribution in [0.1, 0.15) is 47.8 Å². The summed E-state index contributed by atoms with van der Waals surface area (Å²) in [6.45, 7) is 9.87. The first-order chi connectivity index (χ1) is 18.4. The number of para-hydroxylation sites is 2. The van der Waals surface area contributed by atoms with Gasteiger partial charge in [0.2, 0.25) is 11.8 Å². The zero-order valence-electron chi connectivity index (χ0n) is 22.5. The Balaban J connectivity index is 0.00000353. The van der Waals surface area contributed by atoms with E-state index in [2.05, 4.69) is 43.0 Å². The molecule has 0 aliphatic carbocycles. The maximum Gasteiger partial charge on any atom is 0.218 e. The number of rotatable bonds is 8. The number of aromatic nitrogens is 4. The molecule has 0 aliphatic rings. The molecule has 0 fully saturated rings. The molecule has 3 aromatic carbocycles. The second-order valence-electron chi connectivity index (χ2n) is 9.34. The molecular weight excluding hydrogens is 538 g/mol. The summed E-state index contributed by atoms with van der Waals surface area (Å²) in [4.78, 5) is 2.28. The monoisotopic (exact) mass is 570 g/mol. The van der Waals surface area contributed by atoms with Gasteiger partial charge in [-0.2, -0.15) is 10.2 Å². The van der Waals surface area contributed by atoms with Crippen molar-refractivity contribution in [2.24, 2.45) is 0 Å². The van der Waals surface area contributed by atoms with E-state index in [0.29, 0.717) is 22.5 Å². The molecule has 0 unspecified atom stereocenters. The molecule has 0 aliphatic heterocycles. The average molecular weight is 571 g/mol. The van der Waals surface area contributed by atoms with Crippen molar-refractivity contribution in [1.82, 2.24) is 19.6 Å². The molecule has 0 saturated carbocycles. The van der Waals surface area contributed by atoms with Gasteiger partial charge < -0.3 is 15.1 Å². The third-order valence-electron chi connectivity index (χ3n) is 7.10. The van der Waals surface area contributed by atoms with E-state index in [4.69, 9.17) is 10.2 Å². The zero-order valence-corrected chi connectivity index (χ0v) is 23.4. The molecule has 0 amide bonds. The Morgan fingerprint density at radius 3 is 1.46 bits per heavy atom. The zero-order chi connectivity index (χ0) is 26.8. The maximum atomic E-state index is 11.6. The van der Waals surface area contributed by atoms with Gasteiger partial charge in [0, 0.05) is 52.9 Å². The molecule has 0 saturated heterocycles.